The predicted octanol–water partition coefficient (Wildman–Crippen LogP) is 7.22. The third kappa shape index (κ3) is 19.3. The summed E-state index contributed by atoms with van der Waals surface area (Å²) >= 11 is 0. The Labute approximate surface area is 151 Å². The van der Waals surface area contributed by atoms with Crippen molar-refractivity contribution in [2.24, 2.45) is 5.92 Å². The lowest BCUT2D eigenvalue weighted by Gasteiger charge is -2.06. The lowest BCUT2D eigenvalue weighted by atomic mass is 10.1. The fraction of sp³-hybridized carbons (Fsp3) is 0.864. The molecule has 0 aromatic heterocycles. The Morgan fingerprint density at radius 3 is 1.83 bits per heavy atom. The van der Waals surface area contributed by atoms with Crippen molar-refractivity contribution in [1.82, 2.24) is 0 Å². The van der Waals surface area contributed by atoms with Crippen LogP contribution in [0.15, 0.2) is 12.2 Å². The lowest BCUT2D eigenvalue weighted by Crippen LogP contribution is -2.09. The second-order valence-corrected chi connectivity index (χ2v) is 7.41. The zero-order valence-corrected chi connectivity index (χ0v) is 16.7. The third-order valence-corrected chi connectivity index (χ3v) is 4.22. The minimum Gasteiger partial charge on any atom is -0.465 e. The van der Waals surface area contributed by atoms with Crippen LogP contribution in [0.2, 0.25) is 0 Å². The molecular weight excluding hydrogens is 296 g/mol. The van der Waals surface area contributed by atoms with E-state index in [1.165, 1.54) is 70.6 Å². The van der Waals surface area contributed by atoms with Gasteiger partial charge in [-0.25, -0.2) is 0 Å². The zero-order valence-electron chi connectivity index (χ0n) is 16.7. The first-order chi connectivity index (χ1) is 11.7. The van der Waals surface area contributed by atoms with Gasteiger partial charge in [0.1, 0.15) is 0 Å². The van der Waals surface area contributed by atoms with Crippen molar-refractivity contribution < 1.29 is 9.53 Å². The van der Waals surface area contributed by atoms with E-state index in [-0.39, 0.29) is 5.97 Å². The average Bonchev–Trinajstić information content (AvgIpc) is 2.56. The highest BCUT2D eigenvalue weighted by Crippen LogP contribution is 2.10. The van der Waals surface area contributed by atoms with Gasteiger partial charge in [-0.2, -0.15) is 0 Å². The van der Waals surface area contributed by atoms with Gasteiger partial charge in [0.25, 0.3) is 0 Å². The molecule has 0 fully saturated rings. The van der Waals surface area contributed by atoms with Crippen LogP contribution in [0.4, 0.5) is 0 Å². The molecule has 0 aromatic rings. The molecule has 0 bridgehead atoms. The van der Waals surface area contributed by atoms with E-state index in [0.29, 0.717) is 18.9 Å². The van der Waals surface area contributed by atoms with Gasteiger partial charge in [0.2, 0.25) is 0 Å². The molecule has 2 nitrogen and oxygen atoms in total. The SMILES string of the molecule is CCCCCCC/C=C/CCCCCCCCC(=O)OCC(C)C. The molecule has 2 heteroatoms. The average molecular weight is 339 g/mol. The van der Waals surface area contributed by atoms with Gasteiger partial charge in [-0.05, 0) is 38.0 Å². The molecule has 0 atom stereocenters. The van der Waals surface area contributed by atoms with Crippen LogP contribution in [0.5, 0.6) is 0 Å². The molecule has 0 amide bonds. The third-order valence-electron chi connectivity index (χ3n) is 4.22. The summed E-state index contributed by atoms with van der Waals surface area (Å²) in [5.74, 6) is 0.410. The molecule has 0 aliphatic heterocycles. The van der Waals surface area contributed by atoms with Gasteiger partial charge >= 0.3 is 5.97 Å². The van der Waals surface area contributed by atoms with Crippen molar-refractivity contribution in [3.63, 3.8) is 0 Å². The van der Waals surface area contributed by atoms with Crippen LogP contribution in [-0.2, 0) is 9.53 Å². The van der Waals surface area contributed by atoms with Crippen LogP contribution in [0.1, 0.15) is 111 Å². The molecule has 0 radical (unpaired) electrons. The Balaban J connectivity index is 3.18. The number of esters is 1. The van der Waals surface area contributed by atoms with E-state index in [9.17, 15) is 4.79 Å². The molecule has 142 valence electrons. The molecule has 0 rings (SSSR count). The highest BCUT2D eigenvalue weighted by Gasteiger charge is 2.03. The zero-order chi connectivity index (χ0) is 17.9. The van der Waals surface area contributed by atoms with Crippen LogP contribution >= 0.6 is 0 Å². The quantitative estimate of drug-likeness (QED) is 0.159. The molecular formula is C22H42O2. The monoisotopic (exact) mass is 338 g/mol. The fourth-order valence-electron chi connectivity index (χ4n) is 2.67. The van der Waals surface area contributed by atoms with Gasteiger partial charge < -0.3 is 4.74 Å². The molecule has 0 spiro atoms. The van der Waals surface area contributed by atoms with Crippen molar-refractivity contribution >= 4 is 5.97 Å². The van der Waals surface area contributed by atoms with Gasteiger partial charge in [0, 0.05) is 6.42 Å². The van der Waals surface area contributed by atoms with E-state index in [4.69, 9.17) is 4.74 Å². The van der Waals surface area contributed by atoms with E-state index in [1.54, 1.807) is 0 Å². The summed E-state index contributed by atoms with van der Waals surface area (Å²) in [6.07, 6.45) is 22.0. The number of rotatable bonds is 17. The summed E-state index contributed by atoms with van der Waals surface area (Å²) in [5, 5.41) is 0. The summed E-state index contributed by atoms with van der Waals surface area (Å²) in [6.45, 7) is 6.96. The Hall–Kier alpha value is -0.790. The van der Waals surface area contributed by atoms with E-state index in [2.05, 4.69) is 32.9 Å². The maximum absolute atomic E-state index is 11.5. The molecule has 0 saturated carbocycles. The van der Waals surface area contributed by atoms with Crippen LogP contribution in [0.3, 0.4) is 0 Å². The number of carbonyl (C=O) groups is 1. The molecule has 0 heterocycles. The summed E-state index contributed by atoms with van der Waals surface area (Å²) in [6, 6.07) is 0. The minimum atomic E-state index is -0.0245. The lowest BCUT2D eigenvalue weighted by molar-refractivity contribution is -0.144. The highest BCUT2D eigenvalue weighted by atomic mass is 16.5. The summed E-state index contributed by atoms with van der Waals surface area (Å²) in [4.78, 5) is 11.5. The maximum Gasteiger partial charge on any atom is 0.305 e. The van der Waals surface area contributed by atoms with Gasteiger partial charge in [-0.15, -0.1) is 0 Å². The van der Waals surface area contributed by atoms with Crippen molar-refractivity contribution in [1.29, 1.82) is 0 Å². The second-order valence-electron chi connectivity index (χ2n) is 7.41. The number of allylic oxidation sites excluding steroid dienone is 2. The molecule has 0 aliphatic rings. The van der Waals surface area contributed by atoms with E-state index >= 15 is 0 Å². The molecule has 0 saturated heterocycles. The number of hydrogen-bond acceptors (Lipinski definition) is 2. The standard InChI is InChI=1S/C22H42O2/c1-4-5-6-7-8-9-10-11-12-13-14-15-16-17-18-19-22(23)24-20-21(2)3/h10-11,21H,4-9,12-20H2,1-3H3/b11-10+. The molecule has 24 heavy (non-hydrogen) atoms. The van der Waals surface area contributed by atoms with Crippen molar-refractivity contribution in [2.45, 2.75) is 111 Å². The normalized spacial score (nSPS) is 11.5. The van der Waals surface area contributed by atoms with Crippen LogP contribution in [0.25, 0.3) is 0 Å². The maximum atomic E-state index is 11.5. The molecule has 0 N–H and O–H groups in total. The minimum absolute atomic E-state index is 0.0245. The smallest absolute Gasteiger partial charge is 0.305 e. The summed E-state index contributed by atoms with van der Waals surface area (Å²) < 4.78 is 5.18. The van der Waals surface area contributed by atoms with Gasteiger partial charge in [-0.1, -0.05) is 84.3 Å². The van der Waals surface area contributed by atoms with E-state index in [1.807, 2.05) is 0 Å². The Bertz CT molecular complexity index is 294. The number of carbonyl (C=O) groups excluding carboxylic acids is 1. The molecule has 0 aromatic carbocycles. The Morgan fingerprint density at radius 2 is 1.29 bits per heavy atom. The van der Waals surface area contributed by atoms with Gasteiger partial charge in [-0.3, -0.25) is 4.79 Å². The van der Waals surface area contributed by atoms with E-state index < -0.39 is 0 Å². The number of hydrogen-bond donors (Lipinski definition) is 0. The van der Waals surface area contributed by atoms with Crippen LogP contribution in [-0.4, -0.2) is 12.6 Å². The molecule has 0 unspecified atom stereocenters. The fourth-order valence-corrected chi connectivity index (χ4v) is 2.67. The van der Waals surface area contributed by atoms with Crippen molar-refractivity contribution in [3.05, 3.63) is 12.2 Å². The highest BCUT2D eigenvalue weighted by molar-refractivity contribution is 5.69. The van der Waals surface area contributed by atoms with Gasteiger partial charge in [0.05, 0.1) is 6.61 Å². The first-order valence-electron chi connectivity index (χ1n) is 10.5. The second kappa shape index (κ2) is 18.5. The summed E-state index contributed by atoms with van der Waals surface area (Å²) in [7, 11) is 0. The first-order valence-corrected chi connectivity index (χ1v) is 10.5. The topological polar surface area (TPSA) is 26.3 Å². The Morgan fingerprint density at radius 1 is 0.792 bits per heavy atom. The number of ether oxygens (including phenoxy) is 1. The van der Waals surface area contributed by atoms with Gasteiger partial charge in [0.15, 0.2) is 0 Å². The predicted molar refractivity (Wildman–Crippen MR) is 105 cm³/mol. The van der Waals surface area contributed by atoms with Crippen LogP contribution < -0.4 is 0 Å². The largest absolute Gasteiger partial charge is 0.465 e. The van der Waals surface area contributed by atoms with E-state index in [0.717, 1.165) is 12.8 Å². The molecule has 0 aliphatic carbocycles. The summed E-state index contributed by atoms with van der Waals surface area (Å²) in [5.41, 5.74) is 0. The first kappa shape index (κ1) is 23.2. The van der Waals surface area contributed by atoms with Crippen molar-refractivity contribution in [3.8, 4) is 0 Å². The van der Waals surface area contributed by atoms with Crippen LogP contribution in [0, 0.1) is 5.92 Å². The number of unbranched alkanes of at least 4 members (excludes halogenated alkanes) is 11. The van der Waals surface area contributed by atoms with Crippen molar-refractivity contribution in [2.75, 3.05) is 6.61 Å². The Kier molecular flexibility index (Phi) is 17.9.